The number of aliphatic hydroxyl groups is 1. The van der Waals surface area contributed by atoms with Gasteiger partial charge in [0.25, 0.3) is 11.8 Å². The zero-order chi connectivity index (χ0) is 31.2. The number of piperazine rings is 1. The molecule has 6 rings (SSSR count). The van der Waals surface area contributed by atoms with E-state index in [2.05, 4.69) is 40.9 Å². The van der Waals surface area contributed by atoms with Gasteiger partial charge in [-0.15, -0.1) is 0 Å². The molecular weight excluding hydrogens is 573 g/mol. The van der Waals surface area contributed by atoms with E-state index in [1.165, 1.54) is 20.7 Å². The number of amides is 2. The van der Waals surface area contributed by atoms with Crippen molar-refractivity contribution in [1.29, 1.82) is 0 Å². The molecule has 44 heavy (non-hydrogen) atoms. The molecule has 9 nitrogen and oxygen atoms in total. The molecule has 3 aliphatic heterocycles. The van der Waals surface area contributed by atoms with Crippen LogP contribution in [0.2, 0.25) is 0 Å². The second kappa shape index (κ2) is 12.3. The van der Waals surface area contributed by atoms with Crippen LogP contribution in [0.5, 0.6) is 0 Å². The molecule has 0 spiro atoms. The summed E-state index contributed by atoms with van der Waals surface area (Å²) in [5.41, 5.74) is 4.32. The second-order valence-electron chi connectivity index (χ2n) is 12.9. The number of carbonyl (C=O) groups is 2. The summed E-state index contributed by atoms with van der Waals surface area (Å²) < 4.78 is 45.8. The van der Waals surface area contributed by atoms with E-state index < -0.39 is 30.8 Å². The smallest absolute Gasteiger partial charge is 0.274 e. The van der Waals surface area contributed by atoms with Crippen molar-refractivity contribution < 1.29 is 27.9 Å². The third kappa shape index (κ3) is 6.20. The van der Waals surface area contributed by atoms with Crippen molar-refractivity contribution >= 4 is 17.5 Å². The Labute approximate surface area is 256 Å². The largest absolute Gasteiger partial charge is 0.393 e. The van der Waals surface area contributed by atoms with E-state index in [9.17, 15) is 23.5 Å². The van der Waals surface area contributed by atoms with Gasteiger partial charge in [0.2, 0.25) is 5.91 Å². The number of nitrogens with zero attached hydrogens (tertiary/aromatic N) is 6. The molecule has 0 saturated carbocycles. The van der Waals surface area contributed by atoms with Crippen molar-refractivity contribution in [3.05, 3.63) is 46.3 Å². The van der Waals surface area contributed by atoms with Gasteiger partial charge in [0.1, 0.15) is 12.7 Å². The van der Waals surface area contributed by atoms with Gasteiger partial charge < -0.3 is 19.8 Å². The number of likely N-dealkylation sites (tertiary alicyclic amines) is 2. The molecule has 1 aromatic carbocycles. The fraction of sp³-hybridized carbons (Fsp3) is 0.656. The molecule has 1 N–H and O–H groups in total. The van der Waals surface area contributed by atoms with Gasteiger partial charge in [-0.2, -0.15) is 5.10 Å². The Balaban J connectivity index is 1.14. The zero-order valence-corrected chi connectivity index (χ0v) is 25.7. The standard InChI is InChI=1S/C32H43F3N6O3/c1-21-4-3-5-26(22(21)2)38-14-16-39(17-15-38)29(43)20-41-28-18-32(34,35)10-6-24(28)30(36-41)31(44)40-13-9-27(25(33)19-40)37-11-7-23(42)8-12-37/h3-5,23,25,27,42H,6-20H2,1-2H3. The van der Waals surface area contributed by atoms with Gasteiger partial charge in [0.15, 0.2) is 5.69 Å². The van der Waals surface area contributed by atoms with Crippen LogP contribution < -0.4 is 4.90 Å². The highest BCUT2D eigenvalue weighted by Gasteiger charge is 2.42. The molecule has 3 fully saturated rings. The molecule has 0 radical (unpaired) electrons. The first kappa shape index (κ1) is 30.9. The summed E-state index contributed by atoms with van der Waals surface area (Å²) in [5, 5.41) is 14.3. The highest BCUT2D eigenvalue weighted by atomic mass is 19.3. The van der Waals surface area contributed by atoms with Gasteiger partial charge in [0.05, 0.1) is 19.1 Å². The van der Waals surface area contributed by atoms with Crippen LogP contribution in [-0.2, 0) is 24.2 Å². The number of hydrogen-bond acceptors (Lipinski definition) is 6. The van der Waals surface area contributed by atoms with E-state index in [0.29, 0.717) is 70.6 Å². The van der Waals surface area contributed by atoms with Crippen molar-refractivity contribution in [3.63, 3.8) is 0 Å². The van der Waals surface area contributed by atoms with Crippen LogP contribution in [0.1, 0.15) is 58.6 Å². The van der Waals surface area contributed by atoms with Gasteiger partial charge in [0, 0.05) is 75.2 Å². The van der Waals surface area contributed by atoms with Crippen molar-refractivity contribution in [3.8, 4) is 0 Å². The Morgan fingerprint density at radius 1 is 1.00 bits per heavy atom. The van der Waals surface area contributed by atoms with Gasteiger partial charge in [-0.3, -0.25) is 19.2 Å². The predicted octanol–water partition coefficient (Wildman–Crippen LogP) is 2.98. The number of aryl methyl sites for hydroxylation is 1. The third-order valence-electron chi connectivity index (χ3n) is 10.1. The average molecular weight is 617 g/mol. The molecule has 2 aromatic rings. The van der Waals surface area contributed by atoms with Crippen molar-refractivity contribution in [2.24, 2.45) is 0 Å². The number of fused-ring (bicyclic) bond motifs is 1. The zero-order valence-electron chi connectivity index (χ0n) is 25.7. The van der Waals surface area contributed by atoms with Gasteiger partial charge in [-0.25, -0.2) is 13.2 Å². The molecule has 2 atom stereocenters. The first-order valence-corrected chi connectivity index (χ1v) is 15.9. The fourth-order valence-corrected chi connectivity index (χ4v) is 7.30. The number of aromatic nitrogens is 2. The summed E-state index contributed by atoms with van der Waals surface area (Å²) in [6.45, 7) is 7.77. The fourth-order valence-electron chi connectivity index (χ4n) is 7.30. The normalized spacial score (nSPS) is 24.8. The number of carbonyl (C=O) groups excluding carboxylic acids is 2. The van der Waals surface area contributed by atoms with E-state index >= 15 is 4.39 Å². The SMILES string of the molecule is Cc1cccc(N2CCN(C(=O)Cn3nc(C(=O)N4CCC(N5CCC(O)CC5)C(F)C4)c4c3CC(F)(F)CC4)CC2)c1C. The van der Waals surface area contributed by atoms with Crippen LogP contribution in [0.25, 0.3) is 0 Å². The maximum atomic E-state index is 15.4. The summed E-state index contributed by atoms with van der Waals surface area (Å²) in [5.74, 6) is -3.63. The van der Waals surface area contributed by atoms with E-state index in [0.717, 1.165) is 5.69 Å². The Hall–Kier alpha value is -3.12. The number of hydrogen-bond donors (Lipinski definition) is 1. The first-order valence-electron chi connectivity index (χ1n) is 15.9. The van der Waals surface area contributed by atoms with Crippen LogP contribution in [-0.4, -0.2) is 118 Å². The Morgan fingerprint density at radius 3 is 2.43 bits per heavy atom. The van der Waals surface area contributed by atoms with Crippen LogP contribution >= 0.6 is 0 Å². The van der Waals surface area contributed by atoms with Gasteiger partial charge in [-0.05, 0) is 56.7 Å². The van der Waals surface area contributed by atoms with Crippen molar-refractivity contribution in [2.75, 3.05) is 57.3 Å². The van der Waals surface area contributed by atoms with E-state index in [1.807, 2.05) is 6.07 Å². The minimum atomic E-state index is -2.95. The summed E-state index contributed by atoms with van der Waals surface area (Å²) in [4.78, 5) is 34.6. The molecule has 0 bridgehead atoms. The van der Waals surface area contributed by atoms with E-state index in [-0.39, 0.29) is 49.0 Å². The lowest BCUT2D eigenvalue weighted by Crippen LogP contribution is -2.55. The molecule has 240 valence electrons. The number of aliphatic hydroxyl groups excluding tert-OH is 1. The number of alkyl halides is 3. The summed E-state index contributed by atoms with van der Waals surface area (Å²) in [6.07, 6.45) is -0.913. The van der Waals surface area contributed by atoms with Crippen LogP contribution in [0.4, 0.5) is 18.9 Å². The Kier molecular flexibility index (Phi) is 8.67. The number of benzene rings is 1. The average Bonchev–Trinajstić information content (AvgIpc) is 3.34. The van der Waals surface area contributed by atoms with Crippen LogP contribution in [0, 0.1) is 13.8 Å². The molecule has 4 heterocycles. The summed E-state index contributed by atoms with van der Waals surface area (Å²) in [7, 11) is 0. The summed E-state index contributed by atoms with van der Waals surface area (Å²) in [6, 6.07) is 5.87. The Bertz CT molecular complexity index is 1380. The topological polar surface area (TPSA) is 85.2 Å². The molecule has 1 aromatic heterocycles. The molecular formula is C32H43F3N6O3. The minimum absolute atomic E-state index is 0.0161. The predicted molar refractivity (Wildman–Crippen MR) is 160 cm³/mol. The van der Waals surface area contributed by atoms with Crippen LogP contribution in [0.15, 0.2) is 18.2 Å². The molecule has 3 saturated heterocycles. The quantitative estimate of drug-likeness (QED) is 0.557. The monoisotopic (exact) mass is 616 g/mol. The molecule has 1 aliphatic carbocycles. The number of piperidine rings is 2. The Morgan fingerprint density at radius 2 is 1.73 bits per heavy atom. The molecule has 2 amide bonds. The number of halogens is 3. The lowest BCUT2D eigenvalue weighted by atomic mass is 9.92. The number of anilines is 1. The first-order chi connectivity index (χ1) is 21.0. The third-order valence-corrected chi connectivity index (χ3v) is 10.1. The lowest BCUT2D eigenvalue weighted by molar-refractivity contribution is -0.132. The van der Waals surface area contributed by atoms with Crippen molar-refractivity contribution in [1.82, 2.24) is 24.5 Å². The molecule has 4 aliphatic rings. The van der Waals surface area contributed by atoms with E-state index in [4.69, 9.17) is 0 Å². The van der Waals surface area contributed by atoms with Gasteiger partial charge in [-0.1, -0.05) is 12.1 Å². The second-order valence-corrected chi connectivity index (χ2v) is 12.9. The molecule has 2 unspecified atom stereocenters. The maximum absolute atomic E-state index is 15.4. The van der Waals surface area contributed by atoms with Crippen molar-refractivity contribution in [2.45, 2.75) is 83.2 Å². The minimum Gasteiger partial charge on any atom is -0.393 e. The summed E-state index contributed by atoms with van der Waals surface area (Å²) >= 11 is 0. The lowest BCUT2D eigenvalue weighted by Gasteiger charge is -2.42. The highest BCUT2D eigenvalue weighted by molar-refractivity contribution is 5.94. The van der Waals surface area contributed by atoms with Crippen LogP contribution in [0.3, 0.4) is 0 Å². The van der Waals surface area contributed by atoms with E-state index in [1.54, 1.807) is 4.90 Å². The van der Waals surface area contributed by atoms with Gasteiger partial charge >= 0.3 is 0 Å². The highest BCUT2D eigenvalue weighted by Crippen LogP contribution is 2.36. The number of rotatable bonds is 5. The molecule has 12 heteroatoms. The maximum Gasteiger partial charge on any atom is 0.274 e.